The van der Waals surface area contributed by atoms with E-state index < -0.39 is 5.97 Å². The Labute approximate surface area is 168 Å². The SMILES string of the molecule is CCOc1ccc(-c2csc(NC(=O)c3ccccc3Br)c2C(=O)O)cc1. The highest BCUT2D eigenvalue weighted by molar-refractivity contribution is 9.10. The van der Waals surface area contributed by atoms with Gasteiger partial charge in [-0.3, -0.25) is 4.79 Å². The van der Waals surface area contributed by atoms with Crippen molar-refractivity contribution in [2.24, 2.45) is 0 Å². The van der Waals surface area contributed by atoms with E-state index in [1.165, 1.54) is 11.3 Å². The van der Waals surface area contributed by atoms with E-state index in [1.807, 2.05) is 6.92 Å². The third-order valence-corrected chi connectivity index (χ3v) is 5.41. The number of amides is 1. The predicted molar refractivity (Wildman–Crippen MR) is 110 cm³/mol. The number of benzene rings is 2. The van der Waals surface area contributed by atoms with Gasteiger partial charge in [-0.25, -0.2) is 4.79 Å². The van der Waals surface area contributed by atoms with Crippen LogP contribution in [0, 0.1) is 0 Å². The highest BCUT2D eigenvalue weighted by atomic mass is 79.9. The molecule has 0 spiro atoms. The lowest BCUT2D eigenvalue weighted by Crippen LogP contribution is -2.14. The maximum absolute atomic E-state index is 12.5. The molecule has 0 saturated carbocycles. The molecule has 0 aliphatic rings. The molecule has 1 heterocycles. The minimum absolute atomic E-state index is 0.0737. The van der Waals surface area contributed by atoms with E-state index in [4.69, 9.17) is 4.74 Å². The van der Waals surface area contributed by atoms with Gasteiger partial charge in [0.25, 0.3) is 5.91 Å². The molecule has 1 amide bonds. The average Bonchev–Trinajstić information content (AvgIpc) is 3.06. The summed E-state index contributed by atoms with van der Waals surface area (Å²) in [6.07, 6.45) is 0. The van der Waals surface area contributed by atoms with Crippen LogP contribution in [0.15, 0.2) is 58.4 Å². The van der Waals surface area contributed by atoms with Gasteiger partial charge in [-0.15, -0.1) is 11.3 Å². The molecular weight excluding hydrogens is 430 g/mol. The quantitative estimate of drug-likeness (QED) is 0.523. The van der Waals surface area contributed by atoms with Gasteiger partial charge in [0, 0.05) is 15.4 Å². The number of anilines is 1. The maximum atomic E-state index is 12.5. The Bertz CT molecular complexity index is 982. The van der Waals surface area contributed by atoms with Crippen LogP contribution in [0.1, 0.15) is 27.6 Å². The van der Waals surface area contributed by atoms with E-state index in [9.17, 15) is 14.7 Å². The Hall–Kier alpha value is -2.64. The first kappa shape index (κ1) is 19.1. The van der Waals surface area contributed by atoms with Crippen LogP contribution in [0.3, 0.4) is 0 Å². The fourth-order valence-electron chi connectivity index (χ4n) is 2.59. The summed E-state index contributed by atoms with van der Waals surface area (Å²) in [4.78, 5) is 24.4. The molecule has 1 aromatic heterocycles. The summed E-state index contributed by atoms with van der Waals surface area (Å²) < 4.78 is 6.06. The Morgan fingerprint density at radius 3 is 2.48 bits per heavy atom. The number of nitrogens with one attached hydrogen (secondary N) is 1. The molecule has 0 unspecified atom stereocenters. The second-order valence-electron chi connectivity index (χ2n) is 5.55. The minimum atomic E-state index is -1.09. The second-order valence-corrected chi connectivity index (χ2v) is 7.28. The van der Waals surface area contributed by atoms with Gasteiger partial charge in [0.1, 0.15) is 16.3 Å². The normalized spacial score (nSPS) is 10.4. The molecule has 0 radical (unpaired) electrons. The summed E-state index contributed by atoms with van der Waals surface area (Å²) >= 11 is 4.52. The largest absolute Gasteiger partial charge is 0.494 e. The van der Waals surface area contributed by atoms with Gasteiger partial charge >= 0.3 is 5.97 Å². The lowest BCUT2D eigenvalue weighted by molar-refractivity contribution is 0.0699. The van der Waals surface area contributed by atoms with E-state index in [1.54, 1.807) is 53.9 Å². The smallest absolute Gasteiger partial charge is 0.339 e. The molecule has 0 saturated heterocycles. The molecule has 2 N–H and O–H groups in total. The topological polar surface area (TPSA) is 75.6 Å². The standard InChI is InChI=1S/C20H16BrNO4S/c1-2-26-13-9-7-12(8-10-13)15-11-27-19(17(15)20(24)25)22-18(23)14-5-3-4-6-16(14)21/h3-11H,2H2,1H3,(H,22,23)(H,24,25). The Balaban J connectivity index is 1.93. The number of carboxylic acid groups (broad SMARTS) is 1. The first-order valence-corrected chi connectivity index (χ1v) is 9.82. The van der Waals surface area contributed by atoms with E-state index in [0.29, 0.717) is 27.2 Å². The Kier molecular flexibility index (Phi) is 5.93. The maximum Gasteiger partial charge on any atom is 0.339 e. The predicted octanol–water partition coefficient (Wildman–Crippen LogP) is 5.53. The van der Waals surface area contributed by atoms with Crippen molar-refractivity contribution in [3.8, 4) is 16.9 Å². The van der Waals surface area contributed by atoms with E-state index in [0.717, 1.165) is 11.3 Å². The van der Waals surface area contributed by atoms with Crippen LogP contribution in [-0.4, -0.2) is 23.6 Å². The number of hydrogen-bond donors (Lipinski definition) is 2. The summed E-state index contributed by atoms with van der Waals surface area (Å²) in [5.41, 5.74) is 1.81. The zero-order chi connectivity index (χ0) is 19.4. The van der Waals surface area contributed by atoms with Crippen LogP contribution in [0.25, 0.3) is 11.1 Å². The van der Waals surface area contributed by atoms with Gasteiger partial charge in [-0.2, -0.15) is 0 Å². The van der Waals surface area contributed by atoms with E-state index >= 15 is 0 Å². The minimum Gasteiger partial charge on any atom is -0.494 e. The molecule has 0 bridgehead atoms. The van der Waals surface area contributed by atoms with Crippen molar-refractivity contribution in [3.63, 3.8) is 0 Å². The zero-order valence-electron chi connectivity index (χ0n) is 14.4. The summed E-state index contributed by atoms with van der Waals surface area (Å²) in [6, 6.07) is 14.2. The fraction of sp³-hybridized carbons (Fsp3) is 0.100. The number of carbonyl (C=O) groups is 2. The molecule has 138 valence electrons. The number of thiophene rings is 1. The van der Waals surface area contributed by atoms with E-state index in [-0.39, 0.29) is 11.5 Å². The number of halogens is 1. The third-order valence-electron chi connectivity index (χ3n) is 3.83. The van der Waals surface area contributed by atoms with Crippen molar-refractivity contribution in [1.29, 1.82) is 0 Å². The molecule has 2 aromatic carbocycles. The molecule has 5 nitrogen and oxygen atoms in total. The molecule has 0 atom stereocenters. The lowest BCUT2D eigenvalue weighted by Gasteiger charge is -2.08. The number of carbonyl (C=O) groups excluding carboxylic acids is 1. The van der Waals surface area contributed by atoms with Crippen LogP contribution in [-0.2, 0) is 0 Å². The van der Waals surface area contributed by atoms with Crippen LogP contribution >= 0.6 is 27.3 Å². The van der Waals surface area contributed by atoms with Crippen molar-refractivity contribution in [2.75, 3.05) is 11.9 Å². The molecular formula is C20H16BrNO4S. The lowest BCUT2D eigenvalue weighted by atomic mass is 10.0. The molecule has 0 aliphatic heterocycles. The molecule has 27 heavy (non-hydrogen) atoms. The molecule has 3 rings (SSSR count). The average molecular weight is 446 g/mol. The number of hydrogen-bond acceptors (Lipinski definition) is 4. The summed E-state index contributed by atoms with van der Waals surface area (Å²) in [5, 5.41) is 14.4. The van der Waals surface area contributed by atoms with E-state index in [2.05, 4.69) is 21.2 Å². The summed E-state index contributed by atoms with van der Waals surface area (Å²) in [6.45, 7) is 2.46. The monoisotopic (exact) mass is 445 g/mol. The van der Waals surface area contributed by atoms with Gasteiger partial charge in [-0.1, -0.05) is 24.3 Å². The molecule has 7 heteroatoms. The molecule has 3 aromatic rings. The van der Waals surface area contributed by atoms with Gasteiger partial charge in [-0.05, 0) is 52.7 Å². The van der Waals surface area contributed by atoms with Crippen LogP contribution in [0.4, 0.5) is 5.00 Å². The van der Waals surface area contributed by atoms with Crippen molar-refractivity contribution >= 4 is 44.1 Å². The number of ether oxygens (including phenoxy) is 1. The fourth-order valence-corrected chi connectivity index (χ4v) is 4.01. The van der Waals surface area contributed by atoms with Crippen LogP contribution in [0.5, 0.6) is 5.75 Å². The van der Waals surface area contributed by atoms with Crippen molar-refractivity contribution in [1.82, 2.24) is 0 Å². The Morgan fingerprint density at radius 1 is 1.15 bits per heavy atom. The highest BCUT2D eigenvalue weighted by Gasteiger charge is 2.22. The van der Waals surface area contributed by atoms with Crippen LogP contribution in [0.2, 0.25) is 0 Å². The third kappa shape index (κ3) is 4.20. The van der Waals surface area contributed by atoms with Gasteiger partial charge < -0.3 is 15.2 Å². The molecule has 0 fully saturated rings. The molecule has 0 aliphatic carbocycles. The number of aromatic carboxylic acids is 1. The van der Waals surface area contributed by atoms with Gasteiger partial charge in [0.15, 0.2) is 0 Å². The van der Waals surface area contributed by atoms with Crippen LogP contribution < -0.4 is 10.1 Å². The van der Waals surface area contributed by atoms with Crippen molar-refractivity contribution in [3.05, 3.63) is 69.5 Å². The number of carboxylic acids is 1. The first-order chi connectivity index (χ1) is 13.0. The van der Waals surface area contributed by atoms with Gasteiger partial charge in [0.05, 0.1) is 12.2 Å². The first-order valence-electron chi connectivity index (χ1n) is 8.15. The van der Waals surface area contributed by atoms with Gasteiger partial charge in [0.2, 0.25) is 0 Å². The summed E-state index contributed by atoms with van der Waals surface area (Å²) in [7, 11) is 0. The number of rotatable bonds is 6. The Morgan fingerprint density at radius 2 is 1.85 bits per heavy atom. The highest BCUT2D eigenvalue weighted by Crippen LogP contribution is 2.36. The van der Waals surface area contributed by atoms with Crippen molar-refractivity contribution < 1.29 is 19.4 Å². The zero-order valence-corrected chi connectivity index (χ0v) is 16.8. The second kappa shape index (κ2) is 8.37. The van der Waals surface area contributed by atoms with Crippen molar-refractivity contribution in [2.45, 2.75) is 6.92 Å². The summed E-state index contributed by atoms with van der Waals surface area (Å²) in [5.74, 6) is -0.747.